The van der Waals surface area contributed by atoms with E-state index in [0.29, 0.717) is 0 Å². The quantitative estimate of drug-likeness (QED) is 0.416. The van der Waals surface area contributed by atoms with E-state index in [4.69, 9.17) is 0 Å². The van der Waals surface area contributed by atoms with Gasteiger partial charge < -0.3 is 10.2 Å². The van der Waals surface area contributed by atoms with Crippen LogP contribution in [-0.2, 0) is 0 Å². The Morgan fingerprint density at radius 2 is 2.00 bits per heavy atom. The van der Waals surface area contributed by atoms with E-state index in [-0.39, 0.29) is 12.4 Å². The lowest BCUT2D eigenvalue weighted by Crippen LogP contribution is -2.36. The lowest BCUT2D eigenvalue weighted by molar-refractivity contribution is 0.577. The van der Waals surface area contributed by atoms with E-state index in [2.05, 4.69) is 17.2 Å². The van der Waals surface area contributed by atoms with Gasteiger partial charge in [0.15, 0.2) is 5.96 Å². The van der Waals surface area contributed by atoms with Crippen molar-refractivity contribution < 1.29 is 0 Å². The summed E-state index contributed by atoms with van der Waals surface area (Å²) in [5.74, 6) is 0.957. The standard InChI is InChI=1S/C8H19N3.ClH/c1-5-6-7-10-8(9-2)11(3)4;/h5-7H2,1-4H3,(H,9,10);1H. The van der Waals surface area contributed by atoms with Gasteiger partial charge in [-0.25, -0.2) is 0 Å². The maximum absolute atomic E-state index is 4.09. The van der Waals surface area contributed by atoms with Gasteiger partial charge in [-0.15, -0.1) is 12.4 Å². The van der Waals surface area contributed by atoms with Gasteiger partial charge in [-0.05, 0) is 6.42 Å². The molecule has 0 aromatic rings. The molecule has 0 radical (unpaired) electrons. The third-order valence-corrected chi connectivity index (χ3v) is 1.45. The van der Waals surface area contributed by atoms with Crippen LogP contribution in [0, 0.1) is 0 Å². The maximum atomic E-state index is 4.09. The summed E-state index contributed by atoms with van der Waals surface area (Å²) < 4.78 is 0. The molecule has 0 rings (SSSR count). The van der Waals surface area contributed by atoms with Crippen LogP contribution in [0.2, 0.25) is 0 Å². The normalized spacial score (nSPS) is 10.5. The number of guanidine groups is 1. The smallest absolute Gasteiger partial charge is 0.193 e. The van der Waals surface area contributed by atoms with Crippen LogP contribution in [-0.4, -0.2) is 38.5 Å². The first-order valence-electron chi connectivity index (χ1n) is 4.10. The Balaban J connectivity index is 0. The molecule has 74 valence electrons. The second-order valence-electron chi connectivity index (χ2n) is 2.72. The van der Waals surface area contributed by atoms with Crippen LogP contribution in [0.3, 0.4) is 0 Å². The molecule has 12 heavy (non-hydrogen) atoms. The molecule has 0 aliphatic heterocycles. The van der Waals surface area contributed by atoms with Crippen molar-refractivity contribution in [2.45, 2.75) is 19.8 Å². The number of unbranched alkanes of at least 4 members (excludes halogenated alkanes) is 1. The van der Waals surface area contributed by atoms with E-state index >= 15 is 0 Å². The summed E-state index contributed by atoms with van der Waals surface area (Å²) in [6, 6.07) is 0. The first kappa shape index (κ1) is 14.1. The van der Waals surface area contributed by atoms with Crippen LogP contribution in [0.25, 0.3) is 0 Å². The molecule has 0 bridgehead atoms. The molecule has 0 heterocycles. The molecule has 0 aliphatic rings. The zero-order valence-corrected chi connectivity index (χ0v) is 9.24. The van der Waals surface area contributed by atoms with E-state index in [1.54, 1.807) is 7.05 Å². The zero-order chi connectivity index (χ0) is 8.69. The van der Waals surface area contributed by atoms with Gasteiger partial charge in [0.25, 0.3) is 0 Å². The minimum Gasteiger partial charge on any atom is -0.356 e. The Morgan fingerprint density at radius 3 is 2.33 bits per heavy atom. The van der Waals surface area contributed by atoms with Gasteiger partial charge >= 0.3 is 0 Å². The second kappa shape index (κ2) is 8.65. The number of aliphatic imine (C=N–C) groups is 1. The number of rotatable bonds is 3. The first-order chi connectivity index (χ1) is 5.22. The molecule has 0 fully saturated rings. The SMILES string of the molecule is CCCCNC(=NC)N(C)C.Cl. The summed E-state index contributed by atoms with van der Waals surface area (Å²) in [4.78, 5) is 6.07. The van der Waals surface area contributed by atoms with E-state index in [0.717, 1.165) is 12.5 Å². The molecule has 4 heteroatoms. The van der Waals surface area contributed by atoms with Gasteiger partial charge in [0.2, 0.25) is 0 Å². The zero-order valence-electron chi connectivity index (χ0n) is 8.42. The minimum atomic E-state index is 0. The van der Waals surface area contributed by atoms with Gasteiger partial charge in [0, 0.05) is 27.7 Å². The van der Waals surface area contributed by atoms with Crippen molar-refractivity contribution in [2.75, 3.05) is 27.7 Å². The predicted molar refractivity (Wildman–Crippen MR) is 57.2 cm³/mol. The molecule has 1 N–H and O–H groups in total. The number of nitrogens with one attached hydrogen (secondary N) is 1. The molecule has 0 atom stereocenters. The fourth-order valence-electron chi connectivity index (χ4n) is 0.814. The largest absolute Gasteiger partial charge is 0.356 e. The lowest BCUT2D eigenvalue weighted by atomic mass is 10.3. The van der Waals surface area contributed by atoms with Gasteiger partial charge in [-0.2, -0.15) is 0 Å². The molecule has 0 aromatic heterocycles. The average molecular weight is 194 g/mol. The van der Waals surface area contributed by atoms with E-state index in [1.165, 1.54) is 12.8 Å². The summed E-state index contributed by atoms with van der Waals surface area (Å²) in [6.45, 7) is 3.20. The van der Waals surface area contributed by atoms with Crippen LogP contribution in [0.15, 0.2) is 4.99 Å². The summed E-state index contributed by atoms with van der Waals surface area (Å²) >= 11 is 0. The highest BCUT2D eigenvalue weighted by molar-refractivity contribution is 5.85. The lowest BCUT2D eigenvalue weighted by Gasteiger charge is -2.16. The Labute approximate surface area is 81.7 Å². The maximum Gasteiger partial charge on any atom is 0.193 e. The average Bonchev–Trinajstić information content (AvgIpc) is 1.97. The van der Waals surface area contributed by atoms with E-state index in [9.17, 15) is 0 Å². The van der Waals surface area contributed by atoms with Crippen molar-refractivity contribution in [1.82, 2.24) is 10.2 Å². The number of nitrogens with zero attached hydrogens (tertiary/aromatic N) is 2. The van der Waals surface area contributed by atoms with Crippen LogP contribution in [0.5, 0.6) is 0 Å². The highest BCUT2D eigenvalue weighted by Gasteiger charge is 1.96. The fraction of sp³-hybridized carbons (Fsp3) is 0.875. The fourth-order valence-corrected chi connectivity index (χ4v) is 0.814. The van der Waals surface area contributed by atoms with E-state index in [1.807, 2.05) is 19.0 Å². The topological polar surface area (TPSA) is 27.6 Å². The third kappa shape index (κ3) is 6.28. The molecule has 0 aromatic carbocycles. The van der Waals surface area contributed by atoms with E-state index < -0.39 is 0 Å². The van der Waals surface area contributed by atoms with Gasteiger partial charge in [-0.1, -0.05) is 13.3 Å². The third-order valence-electron chi connectivity index (χ3n) is 1.45. The monoisotopic (exact) mass is 193 g/mol. The molecule has 3 nitrogen and oxygen atoms in total. The van der Waals surface area contributed by atoms with Crippen molar-refractivity contribution in [2.24, 2.45) is 4.99 Å². The van der Waals surface area contributed by atoms with Gasteiger partial charge in [0.05, 0.1) is 0 Å². The minimum absolute atomic E-state index is 0. The Morgan fingerprint density at radius 1 is 1.42 bits per heavy atom. The molecule has 0 unspecified atom stereocenters. The molecule has 0 spiro atoms. The first-order valence-corrected chi connectivity index (χ1v) is 4.10. The summed E-state index contributed by atoms with van der Waals surface area (Å²) in [5.41, 5.74) is 0. The summed E-state index contributed by atoms with van der Waals surface area (Å²) in [5, 5.41) is 3.25. The number of hydrogen-bond donors (Lipinski definition) is 1. The molecule has 0 saturated heterocycles. The molecular formula is C8H20ClN3. The van der Waals surface area contributed by atoms with Crippen molar-refractivity contribution in [3.63, 3.8) is 0 Å². The van der Waals surface area contributed by atoms with Gasteiger partial charge in [-0.3, -0.25) is 4.99 Å². The van der Waals surface area contributed by atoms with Crippen molar-refractivity contribution in [1.29, 1.82) is 0 Å². The van der Waals surface area contributed by atoms with Crippen molar-refractivity contribution in [3.05, 3.63) is 0 Å². The Bertz CT molecular complexity index is 123. The second-order valence-corrected chi connectivity index (χ2v) is 2.72. The summed E-state index contributed by atoms with van der Waals surface area (Å²) in [6.07, 6.45) is 2.42. The highest BCUT2D eigenvalue weighted by Crippen LogP contribution is 1.84. The predicted octanol–water partition coefficient (Wildman–Crippen LogP) is 1.35. The molecule has 0 aliphatic carbocycles. The van der Waals surface area contributed by atoms with Gasteiger partial charge in [0.1, 0.15) is 0 Å². The molecule has 0 saturated carbocycles. The molecule has 0 amide bonds. The number of hydrogen-bond acceptors (Lipinski definition) is 1. The Kier molecular flexibility index (Phi) is 10.2. The van der Waals surface area contributed by atoms with Crippen LogP contribution in [0.4, 0.5) is 0 Å². The molecular weight excluding hydrogens is 174 g/mol. The Hall–Kier alpha value is -0.440. The highest BCUT2D eigenvalue weighted by atomic mass is 35.5. The summed E-state index contributed by atoms with van der Waals surface area (Å²) in [7, 11) is 5.77. The number of halogens is 1. The van der Waals surface area contributed by atoms with Crippen molar-refractivity contribution >= 4 is 18.4 Å². The van der Waals surface area contributed by atoms with Crippen LogP contribution >= 0.6 is 12.4 Å². The van der Waals surface area contributed by atoms with Crippen LogP contribution in [0.1, 0.15) is 19.8 Å². The van der Waals surface area contributed by atoms with Crippen LogP contribution < -0.4 is 5.32 Å². The van der Waals surface area contributed by atoms with Crippen molar-refractivity contribution in [3.8, 4) is 0 Å².